The highest BCUT2D eigenvalue weighted by atomic mass is 35.5. The van der Waals surface area contributed by atoms with Crippen LogP contribution in [0.25, 0.3) is 5.65 Å². The normalized spacial score (nSPS) is 12.9. The zero-order valence-electron chi connectivity index (χ0n) is 9.44. The van der Waals surface area contributed by atoms with Gasteiger partial charge in [0.05, 0.1) is 5.02 Å². The van der Waals surface area contributed by atoms with Crippen molar-refractivity contribution in [1.29, 1.82) is 0 Å². The van der Waals surface area contributed by atoms with E-state index in [0.717, 1.165) is 18.6 Å². The third kappa shape index (κ3) is 2.44. The van der Waals surface area contributed by atoms with Gasteiger partial charge in [-0.1, -0.05) is 31.9 Å². The fourth-order valence-electron chi connectivity index (χ4n) is 1.34. The Hall–Kier alpha value is -1.29. The molecule has 0 aromatic carbocycles. The van der Waals surface area contributed by atoms with Gasteiger partial charge in [0, 0.05) is 12.7 Å². The summed E-state index contributed by atoms with van der Waals surface area (Å²) in [7, 11) is 0. The Kier molecular flexibility index (Phi) is 3.29. The Morgan fingerprint density at radius 1 is 1.50 bits per heavy atom. The van der Waals surface area contributed by atoms with Gasteiger partial charge in [-0.05, 0) is 18.1 Å². The van der Waals surface area contributed by atoms with Crippen LogP contribution in [0.5, 0.6) is 0 Å². The minimum atomic E-state index is 0.621. The number of hydrogen-bond acceptors (Lipinski definition) is 3. The van der Waals surface area contributed by atoms with Crippen molar-refractivity contribution >= 4 is 23.2 Å². The number of aromatic nitrogens is 3. The number of nitrogens with one attached hydrogen (secondary N) is 1. The van der Waals surface area contributed by atoms with Crippen LogP contribution >= 0.6 is 11.6 Å². The van der Waals surface area contributed by atoms with Crippen molar-refractivity contribution in [3.8, 4) is 0 Å². The minimum Gasteiger partial charge on any atom is -0.353 e. The summed E-state index contributed by atoms with van der Waals surface area (Å²) >= 11 is 5.87. The second-order valence-corrected chi connectivity index (χ2v) is 4.42. The molecule has 4 nitrogen and oxygen atoms in total. The van der Waals surface area contributed by atoms with Crippen molar-refractivity contribution in [3.63, 3.8) is 0 Å². The molecule has 0 aliphatic rings. The van der Waals surface area contributed by atoms with Crippen LogP contribution in [-0.2, 0) is 0 Å². The Bertz CT molecular complexity index is 480. The molecule has 16 heavy (non-hydrogen) atoms. The number of hydrogen-bond donors (Lipinski definition) is 1. The van der Waals surface area contributed by atoms with Crippen molar-refractivity contribution in [2.45, 2.75) is 20.3 Å². The fraction of sp³-hybridized carbons (Fsp3) is 0.455. The van der Waals surface area contributed by atoms with Crippen LogP contribution < -0.4 is 5.32 Å². The molecule has 2 rings (SSSR count). The third-order valence-electron chi connectivity index (χ3n) is 2.60. The fourth-order valence-corrected chi connectivity index (χ4v) is 1.50. The SMILES string of the molecule is CCC(C)CNc1nc2ccc(Cl)cn2n1. The van der Waals surface area contributed by atoms with E-state index in [2.05, 4.69) is 29.2 Å². The van der Waals surface area contributed by atoms with E-state index in [1.807, 2.05) is 12.1 Å². The highest BCUT2D eigenvalue weighted by Crippen LogP contribution is 2.11. The number of anilines is 1. The van der Waals surface area contributed by atoms with Crippen molar-refractivity contribution in [1.82, 2.24) is 14.6 Å². The molecule has 86 valence electrons. The molecular formula is C11H15ClN4. The lowest BCUT2D eigenvalue weighted by Crippen LogP contribution is -2.11. The summed E-state index contributed by atoms with van der Waals surface area (Å²) in [6.07, 6.45) is 2.89. The van der Waals surface area contributed by atoms with Gasteiger partial charge in [-0.2, -0.15) is 4.98 Å². The quantitative estimate of drug-likeness (QED) is 0.891. The summed E-state index contributed by atoms with van der Waals surface area (Å²) in [5, 5.41) is 8.17. The molecule has 1 atom stereocenters. The van der Waals surface area contributed by atoms with Crippen LogP contribution in [0.15, 0.2) is 18.3 Å². The van der Waals surface area contributed by atoms with E-state index in [1.54, 1.807) is 10.7 Å². The summed E-state index contributed by atoms with van der Waals surface area (Å²) in [6, 6.07) is 3.66. The van der Waals surface area contributed by atoms with Gasteiger partial charge in [-0.3, -0.25) is 0 Å². The maximum atomic E-state index is 5.87. The molecule has 0 fully saturated rings. The van der Waals surface area contributed by atoms with Crippen molar-refractivity contribution in [3.05, 3.63) is 23.4 Å². The molecule has 0 spiro atoms. The van der Waals surface area contributed by atoms with E-state index in [1.165, 1.54) is 0 Å². The predicted molar refractivity (Wildman–Crippen MR) is 65.9 cm³/mol. The van der Waals surface area contributed by atoms with Gasteiger partial charge in [0.1, 0.15) is 0 Å². The molecule has 1 unspecified atom stereocenters. The topological polar surface area (TPSA) is 42.2 Å². The second kappa shape index (κ2) is 4.70. The monoisotopic (exact) mass is 238 g/mol. The van der Waals surface area contributed by atoms with E-state index >= 15 is 0 Å². The molecule has 0 aliphatic heterocycles. The van der Waals surface area contributed by atoms with Gasteiger partial charge in [0.2, 0.25) is 5.95 Å². The lowest BCUT2D eigenvalue weighted by Gasteiger charge is -2.07. The lowest BCUT2D eigenvalue weighted by atomic mass is 10.1. The third-order valence-corrected chi connectivity index (χ3v) is 2.82. The molecular weight excluding hydrogens is 224 g/mol. The standard InChI is InChI=1S/C11H15ClN4/c1-3-8(2)6-13-11-14-10-5-4-9(12)7-16(10)15-11/h4-5,7-8H,3,6H2,1-2H3,(H,13,15). The molecule has 0 radical (unpaired) electrons. The number of nitrogens with zero attached hydrogens (tertiary/aromatic N) is 3. The summed E-state index contributed by atoms with van der Waals surface area (Å²) in [5.41, 5.74) is 0.802. The highest BCUT2D eigenvalue weighted by Gasteiger charge is 2.04. The van der Waals surface area contributed by atoms with Gasteiger partial charge in [-0.15, -0.1) is 5.10 Å². The second-order valence-electron chi connectivity index (χ2n) is 3.98. The van der Waals surface area contributed by atoms with Crippen LogP contribution in [-0.4, -0.2) is 21.1 Å². The van der Waals surface area contributed by atoms with E-state index in [-0.39, 0.29) is 0 Å². The first-order valence-corrected chi connectivity index (χ1v) is 5.82. The lowest BCUT2D eigenvalue weighted by molar-refractivity contribution is 0.591. The summed E-state index contributed by atoms with van der Waals surface area (Å²) in [6.45, 7) is 5.25. The first kappa shape index (κ1) is 11.2. The predicted octanol–water partition coefficient (Wildman–Crippen LogP) is 2.84. The molecule has 2 aromatic heterocycles. The molecule has 0 bridgehead atoms. The van der Waals surface area contributed by atoms with E-state index in [0.29, 0.717) is 16.9 Å². The zero-order chi connectivity index (χ0) is 11.5. The summed E-state index contributed by atoms with van der Waals surface area (Å²) < 4.78 is 1.68. The smallest absolute Gasteiger partial charge is 0.243 e. The summed E-state index contributed by atoms with van der Waals surface area (Å²) in [5.74, 6) is 1.28. The van der Waals surface area contributed by atoms with E-state index < -0.39 is 0 Å². The zero-order valence-corrected chi connectivity index (χ0v) is 10.2. The first-order chi connectivity index (χ1) is 7.69. The molecule has 0 aliphatic carbocycles. The van der Waals surface area contributed by atoms with Gasteiger partial charge in [0.15, 0.2) is 5.65 Å². The van der Waals surface area contributed by atoms with Crippen LogP contribution in [0.1, 0.15) is 20.3 Å². The average molecular weight is 239 g/mol. The number of fused-ring (bicyclic) bond motifs is 1. The van der Waals surface area contributed by atoms with Crippen molar-refractivity contribution in [2.24, 2.45) is 5.92 Å². The Morgan fingerprint density at radius 3 is 3.06 bits per heavy atom. The Balaban J connectivity index is 2.13. The van der Waals surface area contributed by atoms with Crippen LogP contribution in [0.4, 0.5) is 5.95 Å². The maximum absolute atomic E-state index is 5.87. The largest absolute Gasteiger partial charge is 0.353 e. The molecule has 2 heterocycles. The van der Waals surface area contributed by atoms with Crippen LogP contribution in [0.3, 0.4) is 0 Å². The molecule has 5 heteroatoms. The van der Waals surface area contributed by atoms with Gasteiger partial charge in [-0.25, -0.2) is 4.52 Å². The van der Waals surface area contributed by atoms with Crippen molar-refractivity contribution < 1.29 is 0 Å². The first-order valence-electron chi connectivity index (χ1n) is 5.45. The maximum Gasteiger partial charge on any atom is 0.243 e. The Labute approximate surface area is 99.6 Å². The minimum absolute atomic E-state index is 0.621. The Morgan fingerprint density at radius 2 is 2.31 bits per heavy atom. The number of halogens is 1. The van der Waals surface area contributed by atoms with Gasteiger partial charge >= 0.3 is 0 Å². The molecule has 0 amide bonds. The van der Waals surface area contributed by atoms with Gasteiger partial charge in [0.25, 0.3) is 0 Å². The van der Waals surface area contributed by atoms with Crippen molar-refractivity contribution in [2.75, 3.05) is 11.9 Å². The van der Waals surface area contributed by atoms with Crippen LogP contribution in [0, 0.1) is 5.92 Å². The average Bonchev–Trinajstić information content (AvgIpc) is 2.67. The van der Waals surface area contributed by atoms with E-state index in [9.17, 15) is 0 Å². The molecule has 1 N–H and O–H groups in total. The number of rotatable bonds is 4. The summed E-state index contributed by atoms with van der Waals surface area (Å²) in [4.78, 5) is 4.34. The molecule has 2 aromatic rings. The molecule has 0 saturated carbocycles. The van der Waals surface area contributed by atoms with Gasteiger partial charge < -0.3 is 5.32 Å². The number of pyridine rings is 1. The molecule has 0 saturated heterocycles. The highest BCUT2D eigenvalue weighted by molar-refractivity contribution is 6.30. The van der Waals surface area contributed by atoms with E-state index in [4.69, 9.17) is 11.6 Å². The van der Waals surface area contributed by atoms with Crippen LogP contribution in [0.2, 0.25) is 5.02 Å².